The van der Waals surface area contributed by atoms with Gasteiger partial charge in [0.05, 0.1) is 0 Å². The molecular weight excluding hydrogens is 454 g/mol. The molecule has 2 aliphatic rings. The molecule has 0 atom stereocenters. The van der Waals surface area contributed by atoms with Crippen LogP contribution in [0.5, 0.6) is 0 Å². The number of piperidine rings is 1. The molecule has 1 amide bonds. The molecule has 2 aromatic rings. The van der Waals surface area contributed by atoms with Gasteiger partial charge in [0.2, 0.25) is 5.91 Å². The molecule has 0 spiro atoms. The van der Waals surface area contributed by atoms with Crippen molar-refractivity contribution in [2.45, 2.75) is 70.6 Å². The molecule has 1 aliphatic heterocycles. The third-order valence-electron chi connectivity index (χ3n) is 8.47. The Labute approximate surface area is 225 Å². The van der Waals surface area contributed by atoms with Gasteiger partial charge in [0, 0.05) is 19.0 Å². The van der Waals surface area contributed by atoms with Gasteiger partial charge in [0.25, 0.3) is 0 Å². The SMILES string of the molecule is O=C(C(Cc1ccccc1)Cc1ccccc1)N1CCC(CNCCCCNCC2CCCCC2)CC1. The van der Waals surface area contributed by atoms with Crippen LogP contribution < -0.4 is 10.6 Å². The van der Waals surface area contributed by atoms with Crippen molar-refractivity contribution in [2.75, 3.05) is 39.3 Å². The molecule has 0 bridgehead atoms. The fourth-order valence-electron chi connectivity index (χ4n) is 6.16. The highest BCUT2D eigenvalue weighted by atomic mass is 16.2. The van der Waals surface area contributed by atoms with Crippen molar-refractivity contribution in [1.82, 2.24) is 15.5 Å². The Balaban J connectivity index is 1.12. The molecule has 4 rings (SSSR count). The van der Waals surface area contributed by atoms with Crippen LogP contribution in [-0.4, -0.2) is 50.1 Å². The number of carbonyl (C=O) groups is 1. The van der Waals surface area contributed by atoms with E-state index in [-0.39, 0.29) is 5.92 Å². The van der Waals surface area contributed by atoms with Gasteiger partial charge in [-0.1, -0.05) is 79.9 Å². The van der Waals surface area contributed by atoms with Crippen LogP contribution >= 0.6 is 0 Å². The molecule has 2 aromatic carbocycles. The van der Waals surface area contributed by atoms with E-state index < -0.39 is 0 Å². The number of carbonyl (C=O) groups excluding carboxylic acids is 1. The number of nitrogens with zero attached hydrogens (tertiary/aromatic N) is 1. The van der Waals surface area contributed by atoms with E-state index in [9.17, 15) is 4.79 Å². The second-order valence-corrected chi connectivity index (χ2v) is 11.5. The first-order valence-corrected chi connectivity index (χ1v) is 15.1. The lowest BCUT2D eigenvalue weighted by atomic mass is 9.89. The summed E-state index contributed by atoms with van der Waals surface area (Å²) in [5, 5.41) is 7.38. The number of rotatable bonds is 14. The van der Waals surface area contributed by atoms with E-state index in [1.54, 1.807) is 0 Å². The molecule has 202 valence electrons. The van der Waals surface area contributed by atoms with Crippen LogP contribution in [0, 0.1) is 17.8 Å². The summed E-state index contributed by atoms with van der Waals surface area (Å²) in [6.45, 7) is 6.39. The maximum absolute atomic E-state index is 13.6. The third kappa shape index (κ3) is 9.90. The molecule has 1 heterocycles. The van der Waals surface area contributed by atoms with E-state index >= 15 is 0 Å². The second-order valence-electron chi connectivity index (χ2n) is 11.5. The molecule has 2 fully saturated rings. The van der Waals surface area contributed by atoms with Crippen molar-refractivity contribution in [3.63, 3.8) is 0 Å². The number of nitrogens with one attached hydrogen (secondary N) is 2. The maximum Gasteiger partial charge on any atom is 0.226 e. The fourth-order valence-corrected chi connectivity index (χ4v) is 6.16. The number of benzene rings is 2. The minimum absolute atomic E-state index is 0.00574. The topological polar surface area (TPSA) is 44.4 Å². The summed E-state index contributed by atoms with van der Waals surface area (Å²) in [5.41, 5.74) is 2.50. The van der Waals surface area contributed by atoms with Crippen LogP contribution in [0.25, 0.3) is 0 Å². The van der Waals surface area contributed by atoms with Crippen LogP contribution in [0.2, 0.25) is 0 Å². The van der Waals surface area contributed by atoms with Crippen LogP contribution in [-0.2, 0) is 17.6 Å². The second kappa shape index (κ2) is 15.9. The van der Waals surface area contributed by atoms with Crippen molar-refractivity contribution in [2.24, 2.45) is 17.8 Å². The van der Waals surface area contributed by atoms with E-state index in [2.05, 4.69) is 64.1 Å². The highest BCUT2D eigenvalue weighted by Gasteiger charge is 2.28. The molecule has 4 nitrogen and oxygen atoms in total. The average molecular weight is 504 g/mol. The smallest absolute Gasteiger partial charge is 0.226 e. The van der Waals surface area contributed by atoms with Crippen molar-refractivity contribution >= 4 is 5.91 Å². The van der Waals surface area contributed by atoms with Crippen molar-refractivity contribution in [3.8, 4) is 0 Å². The summed E-state index contributed by atoms with van der Waals surface area (Å²) in [4.78, 5) is 15.7. The van der Waals surface area contributed by atoms with E-state index in [0.29, 0.717) is 11.8 Å². The van der Waals surface area contributed by atoms with E-state index in [1.165, 1.54) is 62.6 Å². The van der Waals surface area contributed by atoms with Gasteiger partial charge in [-0.05, 0) is 101 Å². The Morgan fingerprint density at radius 2 is 1.19 bits per heavy atom. The van der Waals surface area contributed by atoms with Gasteiger partial charge in [-0.3, -0.25) is 4.79 Å². The first-order valence-electron chi connectivity index (χ1n) is 15.1. The molecule has 0 aromatic heterocycles. The zero-order chi connectivity index (χ0) is 25.5. The summed E-state index contributed by atoms with van der Waals surface area (Å²) in [5.74, 6) is 1.96. The van der Waals surface area contributed by atoms with Gasteiger partial charge in [-0.15, -0.1) is 0 Å². The quantitative estimate of drug-likeness (QED) is 0.317. The molecule has 2 N–H and O–H groups in total. The average Bonchev–Trinajstić information content (AvgIpc) is 2.96. The fraction of sp³-hybridized carbons (Fsp3) is 0.606. The Bertz CT molecular complexity index is 831. The Morgan fingerprint density at radius 3 is 1.70 bits per heavy atom. The van der Waals surface area contributed by atoms with Gasteiger partial charge in [0.15, 0.2) is 0 Å². The Hall–Kier alpha value is -2.17. The standard InChI is InChI=1S/C33H49N3O/c37-33(32(24-28-12-4-1-5-13-28)25-29-14-6-2-7-15-29)36-22-18-31(19-23-36)27-35-21-11-10-20-34-26-30-16-8-3-9-17-30/h1-2,4-7,12-15,30-32,34-35H,3,8-11,16-27H2. The summed E-state index contributed by atoms with van der Waals surface area (Å²) in [6.07, 6.45) is 13.5. The zero-order valence-electron chi connectivity index (χ0n) is 22.9. The lowest BCUT2D eigenvalue weighted by molar-refractivity contribution is -0.136. The Morgan fingerprint density at radius 1 is 0.703 bits per heavy atom. The molecule has 1 saturated heterocycles. The van der Waals surface area contributed by atoms with Crippen LogP contribution in [0.4, 0.5) is 0 Å². The normalized spacial score (nSPS) is 17.4. The molecule has 37 heavy (non-hydrogen) atoms. The van der Waals surface area contributed by atoms with Gasteiger partial charge in [-0.2, -0.15) is 0 Å². The van der Waals surface area contributed by atoms with Crippen LogP contribution in [0.15, 0.2) is 60.7 Å². The first kappa shape index (κ1) is 27.9. The third-order valence-corrected chi connectivity index (χ3v) is 8.47. The predicted molar refractivity (Wildman–Crippen MR) is 155 cm³/mol. The number of hydrogen-bond acceptors (Lipinski definition) is 3. The minimum Gasteiger partial charge on any atom is -0.342 e. The first-order chi connectivity index (χ1) is 18.3. The highest BCUT2D eigenvalue weighted by Crippen LogP contribution is 2.23. The van der Waals surface area contributed by atoms with Gasteiger partial charge in [-0.25, -0.2) is 0 Å². The molecule has 1 aliphatic carbocycles. The summed E-state index contributed by atoms with van der Waals surface area (Å²) in [7, 11) is 0. The number of unbranched alkanes of at least 4 members (excludes halogenated alkanes) is 1. The van der Waals surface area contributed by atoms with E-state index in [0.717, 1.165) is 64.3 Å². The number of hydrogen-bond donors (Lipinski definition) is 2. The van der Waals surface area contributed by atoms with Crippen molar-refractivity contribution < 1.29 is 4.79 Å². The predicted octanol–water partition coefficient (Wildman–Crippen LogP) is 5.87. The number of likely N-dealkylation sites (tertiary alicyclic amines) is 1. The minimum atomic E-state index is 0.00574. The van der Waals surface area contributed by atoms with E-state index in [4.69, 9.17) is 0 Å². The summed E-state index contributed by atoms with van der Waals surface area (Å²) >= 11 is 0. The maximum atomic E-state index is 13.6. The van der Waals surface area contributed by atoms with Crippen LogP contribution in [0.1, 0.15) is 68.9 Å². The van der Waals surface area contributed by atoms with Gasteiger partial charge >= 0.3 is 0 Å². The molecule has 0 radical (unpaired) electrons. The summed E-state index contributed by atoms with van der Waals surface area (Å²) in [6, 6.07) is 21.0. The summed E-state index contributed by atoms with van der Waals surface area (Å²) < 4.78 is 0. The lowest BCUT2D eigenvalue weighted by Crippen LogP contribution is -2.44. The van der Waals surface area contributed by atoms with Crippen molar-refractivity contribution in [1.29, 1.82) is 0 Å². The van der Waals surface area contributed by atoms with Crippen molar-refractivity contribution in [3.05, 3.63) is 71.8 Å². The molecular formula is C33H49N3O. The van der Waals surface area contributed by atoms with E-state index in [1.807, 2.05) is 12.1 Å². The monoisotopic (exact) mass is 503 g/mol. The molecule has 0 unspecified atom stereocenters. The lowest BCUT2D eigenvalue weighted by Gasteiger charge is -2.34. The largest absolute Gasteiger partial charge is 0.342 e. The van der Waals surface area contributed by atoms with Gasteiger partial charge in [0.1, 0.15) is 0 Å². The molecule has 1 saturated carbocycles. The van der Waals surface area contributed by atoms with Gasteiger partial charge < -0.3 is 15.5 Å². The highest BCUT2D eigenvalue weighted by molar-refractivity contribution is 5.79. The molecule has 4 heteroatoms. The van der Waals surface area contributed by atoms with Crippen LogP contribution in [0.3, 0.4) is 0 Å². The Kier molecular flexibility index (Phi) is 12.0. The number of amides is 1. The zero-order valence-corrected chi connectivity index (χ0v) is 22.9.